The molecule has 0 saturated heterocycles. The fourth-order valence-corrected chi connectivity index (χ4v) is 3.93. The van der Waals surface area contributed by atoms with Crippen molar-refractivity contribution in [3.8, 4) is 0 Å². The Hall–Kier alpha value is -0.340. The van der Waals surface area contributed by atoms with Crippen molar-refractivity contribution in [2.24, 2.45) is 12.9 Å². The number of thioether (sulfide) groups is 1. The maximum Gasteiger partial charge on any atom is 0.0734 e. The van der Waals surface area contributed by atoms with Gasteiger partial charge >= 0.3 is 0 Å². The van der Waals surface area contributed by atoms with Gasteiger partial charge in [0.15, 0.2) is 0 Å². The highest BCUT2D eigenvalue weighted by atomic mass is 79.9. The minimum atomic E-state index is 0.0332. The average molecular weight is 406 g/mol. The highest BCUT2D eigenvalue weighted by Crippen LogP contribution is 2.29. The van der Waals surface area contributed by atoms with Gasteiger partial charge in [0.25, 0.3) is 0 Å². The van der Waals surface area contributed by atoms with Crippen molar-refractivity contribution in [1.82, 2.24) is 15.2 Å². The number of benzene rings is 1. The van der Waals surface area contributed by atoms with Gasteiger partial charge in [0.1, 0.15) is 0 Å². The molecular formula is C12H14Br2N4S. The zero-order valence-corrected chi connectivity index (χ0v) is 14.3. The SMILES string of the molecule is Cn1ncc(Br)c1C(CSc1cccc(Br)c1)NN. The predicted octanol–water partition coefficient (Wildman–Crippen LogP) is 3.24. The number of halogens is 2. The molecule has 2 aromatic rings. The van der Waals surface area contributed by atoms with Gasteiger partial charge < -0.3 is 0 Å². The van der Waals surface area contributed by atoms with Gasteiger partial charge in [-0.3, -0.25) is 16.0 Å². The molecule has 102 valence electrons. The van der Waals surface area contributed by atoms with E-state index >= 15 is 0 Å². The first-order chi connectivity index (χ1) is 9.11. The minimum absolute atomic E-state index is 0.0332. The number of hydrazine groups is 1. The van der Waals surface area contributed by atoms with Crippen LogP contribution in [0, 0.1) is 0 Å². The van der Waals surface area contributed by atoms with E-state index < -0.39 is 0 Å². The number of rotatable bonds is 5. The summed E-state index contributed by atoms with van der Waals surface area (Å²) < 4.78 is 3.88. The lowest BCUT2D eigenvalue weighted by atomic mass is 10.2. The molecule has 3 N–H and O–H groups in total. The van der Waals surface area contributed by atoms with Crippen LogP contribution in [0.2, 0.25) is 0 Å². The first-order valence-corrected chi connectivity index (χ1v) is 8.21. The van der Waals surface area contributed by atoms with Crippen LogP contribution in [0.3, 0.4) is 0 Å². The molecule has 4 nitrogen and oxygen atoms in total. The number of aryl methyl sites for hydroxylation is 1. The van der Waals surface area contributed by atoms with Gasteiger partial charge in [0.2, 0.25) is 0 Å². The summed E-state index contributed by atoms with van der Waals surface area (Å²) >= 11 is 8.72. The van der Waals surface area contributed by atoms with Gasteiger partial charge in [-0.1, -0.05) is 22.0 Å². The van der Waals surface area contributed by atoms with Crippen molar-refractivity contribution in [3.05, 3.63) is 45.1 Å². The van der Waals surface area contributed by atoms with Crippen molar-refractivity contribution in [2.45, 2.75) is 10.9 Å². The fraction of sp³-hybridized carbons (Fsp3) is 0.250. The van der Waals surface area contributed by atoms with Crippen molar-refractivity contribution in [2.75, 3.05) is 5.75 Å². The molecule has 1 heterocycles. The summed E-state index contributed by atoms with van der Waals surface area (Å²) in [5.74, 6) is 6.49. The number of nitrogens with zero attached hydrogens (tertiary/aromatic N) is 2. The van der Waals surface area contributed by atoms with Crippen molar-refractivity contribution >= 4 is 43.6 Å². The fourth-order valence-electron chi connectivity index (χ4n) is 1.75. The Morgan fingerprint density at radius 1 is 1.47 bits per heavy atom. The Bertz CT molecular complexity index is 539. The molecule has 1 aromatic heterocycles. The molecule has 0 amide bonds. The first kappa shape index (κ1) is 15.1. The highest BCUT2D eigenvalue weighted by molar-refractivity contribution is 9.10. The monoisotopic (exact) mass is 404 g/mol. The summed E-state index contributed by atoms with van der Waals surface area (Å²) in [6.07, 6.45) is 1.78. The molecule has 0 fully saturated rings. The molecule has 0 saturated carbocycles. The Morgan fingerprint density at radius 2 is 2.26 bits per heavy atom. The molecule has 19 heavy (non-hydrogen) atoms. The van der Waals surface area contributed by atoms with E-state index in [4.69, 9.17) is 5.84 Å². The molecule has 1 aromatic carbocycles. The van der Waals surface area contributed by atoms with Gasteiger partial charge in [0.05, 0.1) is 22.4 Å². The Balaban J connectivity index is 2.08. The van der Waals surface area contributed by atoms with Gasteiger partial charge in [-0.25, -0.2) is 0 Å². The van der Waals surface area contributed by atoms with E-state index in [2.05, 4.69) is 54.5 Å². The van der Waals surface area contributed by atoms with Crippen LogP contribution in [-0.4, -0.2) is 15.5 Å². The van der Waals surface area contributed by atoms with E-state index in [0.717, 1.165) is 20.4 Å². The van der Waals surface area contributed by atoms with E-state index in [1.807, 2.05) is 23.9 Å². The lowest BCUT2D eigenvalue weighted by molar-refractivity contribution is 0.552. The summed E-state index contributed by atoms with van der Waals surface area (Å²) in [5, 5.41) is 4.21. The number of hydrogen-bond donors (Lipinski definition) is 2. The quantitative estimate of drug-likeness (QED) is 0.455. The second-order valence-corrected chi connectivity index (χ2v) is 6.85. The molecule has 2 rings (SSSR count). The van der Waals surface area contributed by atoms with Gasteiger partial charge in [-0.05, 0) is 34.1 Å². The van der Waals surface area contributed by atoms with Crippen molar-refractivity contribution in [3.63, 3.8) is 0 Å². The number of aromatic nitrogens is 2. The number of hydrogen-bond acceptors (Lipinski definition) is 4. The Morgan fingerprint density at radius 3 is 2.84 bits per heavy atom. The summed E-state index contributed by atoms with van der Waals surface area (Å²) in [5.41, 5.74) is 3.89. The van der Waals surface area contributed by atoms with Gasteiger partial charge in [0, 0.05) is 22.2 Å². The molecule has 0 aliphatic rings. The van der Waals surface area contributed by atoms with Crippen LogP contribution < -0.4 is 11.3 Å². The van der Waals surface area contributed by atoms with E-state index in [-0.39, 0.29) is 6.04 Å². The third-order valence-corrected chi connectivity index (χ3v) is 4.87. The lowest BCUT2D eigenvalue weighted by Crippen LogP contribution is -2.31. The topological polar surface area (TPSA) is 55.9 Å². The molecule has 0 aliphatic carbocycles. The molecule has 1 unspecified atom stereocenters. The Labute approximate surface area is 133 Å². The molecular weight excluding hydrogens is 392 g/mol. The summed E-state index contributed by atoms with van der Waals surface area (Å²) in [4.78, 5) is 1.20. The molecule has 0 radical (unpaired) electrons. The second kappa shape index (κ2) is 6.90. The van der Waals surface area contributed by atoms with Gasteiger partial charge in [-0.2, -0.15) is 5.10 Å². The maximum absolute atomic E-state index is 5.66. The largest absolute Gasteiger partial charge is 0.271 e. The molecule has 7 heteroatoms. The maximum atomic E-state index is 5.66. The average Bonchev–Trinajstić information content (AvgIpc) is 2.71. The van der Waals surface area contributed by atoms with Crippen LogP contribution in [0.25, 0.3) is 0 Å². The predicted molar refractivity (Wildman–Crippen MR) is 85.8 cm³/mol. The Kier molecular flexibility index (Phi) is 5.47. The van der Waals surface area contributed by atoms with Crippen LogP contribution in [0.4, 0.5) is 0 Å². The van der Waals surface area contributed by atoms with E-state index in [1.165, 1.54) is 4.90 Å². The van der Waals surface area contributed by atoms with E-state index in [1.54, 1.807) is 18.0 Å². The lowest BCUT2D eigenvalue weighted by Gasteiger charge is -2.16. The third-order valence-electron chi connectivity index (χ3n) is 2.68. The number of nitrogens with one attached hydrogen (secondary N) is 1. The normalized spacial score (nSPS) is 12.6. The van der Waals surface area contributed by atoms with Crippen LogP contribution >= 0.6 is 43.6 Å². The number of nitrogens with two attached hydrogens (primary N) is 1. The van der Waals surface area contributed by atoms with Gasteiger partial charge in [-0.15, -0.1) is 11.8 Å². The van der Waals surface area contributed by atoms with Crippen LogP contribution in [0.1, 0.15) is 11.7 Å². The first-order valence-electron chi connectivity index (χ1n) is 5.63. The molecule has 1 atom stereocenters. The zero-order chi connectivity index (χ0) is 13.8. The molecule has 0 bridgehead atoms. The van der Waals surface area contributed by atoms with E-state index in [9.17, 15) is 0 Å². The second-order valence-electron chi connectivity index (χ2n) is 3.99. The summed E-state index contributed by atoms with van der Waals surface area (Å²) in [6, 6.07) is 8.25. The molecule has 0 aliphatic heterocycles. The van der Waals surface area contributed by atoms with Crippen molar-refractivity contribution in [1.29, 1.82) is 0 Å². The third kappa shape index (κ3) is 3.82. The van der Waals surface area contributed by atoms with Crippen LogP contribution in [0.5, 0.6) is 0 Å². The summed E-state index contributed by atoms with van der Waals surface area (Å²) in [7, 11) is 1.91. The van der Waals surface area contributed by atoms with Crippen LogP contribution in [-0.2, 0) is 7.05 Å². The summed E-state index contributed by atoms with van der Waals surface area (Å²) in [6.45, 7) is 0. The standard InChI is InChI=1S/C12H14Br2N4S/c1-18-12(10(14)6-16-18)11(17-15)7-19-9-4-2-3-8(13)5-9/h2-6,11,17H,7,15H2,1H3. The smallest absolute Gasteiger partial charge is 0.0734 e. The highest BCUT2D eigenvalue weighted by Gasteiger charge is 2.17. The minimum Gasteiger partial charge on any atom is -0.271 e. The van der Waals surface area contributed by atoms with Crippen LogP contribution in [0.15, 0.2) is 44.3 Å². The molecule has 0 spiro atoms. The zero-order valence-electron chi connectivity index (χ0n) is 10.3. The van der Waals surface area contributed by atoms with Crippen molar-refractivity contribution < 1.29 is 0 Å². The van der Waals surface area contributed by atoms with E-state index in [0.29, 0.717) is 0 Å².